The lowest BCUT2D eigenvalue weighted by Crippen LogP contribution is -2.31. The van der Waals surface area contributed by atoms with Gasteiger partial charge in [0.15, 0.2) is 0 Å². The number of hydrogen-bond acceptors (Lipinski definition) is 9. The average Bonchev–Trinajstić information content (AvgIpc) is 3.61. The van der Waals surface area contributed by atoms with Gasteiger partial charge in [-0.25, -0.2) is 0 Å². The molecule has 3 aromatic carbocycles. The van der Waals surface area contributed by atoms with E-state index in [4.69, 9.17) is 18.6 Å². The maximum atomic E-state index is 13.5. The quantitative estimate of drug-likeness (QED) is 0.219. The van der Waals surface area contributed by atoms with Crippen LogP contribution >= 0.6 is 11.8 Å². The largest absolute Gasteiger partial charge is 0.497 e. The van der Waals surface area contributed by atoms with Crippen LogP contribution in [0.5, 0.6) is 17.2 Å². The van der Waals surface area contributed by atoms with Gasteiger partial charge in [-0.05, 0) is 72.8 Å². The van der Waals surface area contributed by atoms with E-state index in [1.54, 1.807) is 93.1 Å². The normalized spacial score (nSPS) is 12.9. The molecule has 1 aromatic heterocycles. The fourth-order valence-electron chi connectivity index (χ4n) is 4.17. The predicted molar refractivity (Wildman–Crippen MR) is 158 cm³/mol. The Morgan fingerprint density at radius 3 is 2.21 bits per heavy atom. The van der Waals surface area contributed by atoms with Crippen molar-refractivity contribution in [1.29, 1.82) is 0 Å². The van der Waals surface area contributed by atoms with Crippen LogP contribution in [0.1, 0.15) is 16.1 Å². The van der Waals surface area contributed by atoms with E-state index in [2.05, 4.69) is 10.6 Å². The third-order valence-electron chi connectivity index (χ3n) is 6.37. The molecule has 1 aliphatic rings. The van der Waals surface area contributed by atoms with Crippen molar-refractivity contribution in [3.63, 3.8) is 0 Å². The van der Waals surface area contributed by atoms with Gasteiger partial charge in [0.25, 0.3) is 17.7 Å². The first-order valence-corrected chi connectivity index (χ1v) is 13.6. The van der Waals surface area contributed by atoms with Crippen molar-refractivity contribution >= 4 is 40.9 Å². The zero-order valence-corrected chi connectivity index (χ0v) is 23.8. The number of rotatable bonds is 11. The van der Waals surface area contributed by atoms with Gasteiger partial charge in [-0.3, -0.25) is 19.3 Å². The van der Waals surface area contributed by atoms with Crippen LogP contribution in [0.2, 0.25) is 0 Å². The number of carbonyl (C=O) groups excluding carboxylic acids is 3. The summed E-state index contributed by atoms with van der Waals surface area (Å²) in [5, 5.41) is 5.96. The van der Waals surface area contributed by atoms with Crippen molar-refractivity contribution in [1.82, 2.24) is 4.90 Å². The van der Waals surface area contributed by atoms with Gasteiger partial charge in [0.2, 0.25) is 0 Å². The molecule has 0 saturated heterocycles. The number of carbonyl (C=O) groups is 3. The lowest BCUT2D eigenvalue weighted by atomic mass is 10.2. The second kappa shape index (κ2) is 12.6. The molecule has 0 bridgehead atoms. The highest BCUT2D eigenvalue weighted by Gasteiger charge is 2.40. The van der Waals surface area contributed by atoms with Crippen LogP contribution in [0.25, 0.3) is 0 Å². The molecular weight excluding hydrogens is 558 g/mol. The maximum Gasteiger partial charge on any atom is 0.278 e. The number of imide groups is 1. The summed E-state index contributed by atoms with van der Waals surface area (Å²) in [5.74, 6) is 0.908. The first-order chi connectivity index (χ1) is 20.4. The molecule has 0 radical (unpaired) electrons. The number of nitrogens with zero attached hydrogens (tertiary/aromatic N) is 1. The van der Waals surface area contributed by atoms with Crippen molar-refractivity contribution in [2.45, 2.75) is 11.4 Å². The fourth-order valence-corrected chi connectivity index (χ4v) is 5.11. The van der Waals surface area contributed by atoms with E-state index >= 15 is 0 Å². The Kier molecular flexibility index (Phi) is 8.49. The highest BCUT2D eigenvalue weighted by atomic mass is 32.2. The monoisotopic (exact) mass is 585 g/mol. The summed E-state index contributed by atoms with van der Waals surface area (Å²) in [5.41, 5.74) is 1.65. The summed E-state index contributed by atoms with van der Waals surface area (Å²) < 4.78 is 21.3. The SMILES string of the molecule is COc1ccc(C(=O)Nc2ccc(SC3=C(Nc4ccc(OC)cc4OC)C(=O)N(Cc4ccco4)C3=O)cc2)cc1. The zero-order chi connectivity index (χ0) is 29.6. The number of methoxy groups -OCH3 is 3. The third-order valence-corrected chi connectivity index (χ3v) is 7.46. The minimum atomic E-state index is -0.500. The molecule has 5 rings (SSSR count). The molecule has 0 spiro atoms. The van der Waals surface area contributed by atoms with Gasteiger partial charge >= 0.3 is 0 Å². The third kappa shape index (κ3) is 6.11. The van der Waals surface area contributed by atoms with Gasteiger partial charge in [-0.2, -0.15) is 0 Å². The standard InChI is InChI=1S/C31H27N3O7S/c1-38-21-10-6-19(7-11-21)29(35)32-20-8-13-24(14-9-20)42-28-27(33-25-15-12-22(39-2)17-26(25)40-3)30(36)34(31(28)37)18-23-5-4-16-41-23/h4-17,33H,18H2,1-3H3,(H,32,35). The summed E-state index contributed by atoms with van der Waals surface area (Å²) in [4.78, 5) is 41.7. The lowest BCUT2D eigenvalue weighted by Gasteiger charge is -2.15. The molecular formula is C31H27N3O7S. The minimum Gasteiger partial charge on any atom is -0.497 e. The van der Waals surface area contributed by atoms with E-state index in [1.165, 1.54) is 13.4 Å². The summed E-state index contributed by atoms with van der Waals surface area (Å²) in [7, 11) is 4.61. The topological polar surface area (TPSA) is 119 Å². The molecule has 2 N–H and O–H groups in total. The number of thioether (sulfide) groups is 1. The van der Waals surface area contributed by atoms with Gasteiger partial charge in [-0.15, -0.1) is 0 Å². The number of benzene rings is 3. The van der Waals surface area contributed by atoms with Gasteiger partial charge < -0.3 is 29.3 Å². The van der Waals surface area contributed by atoms with Crippen LogP contribution in [0, 0.1) is 0 Å². The molecule has 1 aliphatic heterocycles. The lowest BCUT2D eigenvalue weighted by molar-refractivity contribution is -0.138. The second-order valence-electron chi connectivity index (χ2n) is 8.98. The van der Waals surface area contributed by atoms with Crippen LogP contribution < -0.4 is 24.8 Å². The molecule has 4 aromatic rings. The Morgan fingerprint density at radius 2 is 1.57 bits per heavy atom. The number of hydrogen-bond donors (Lipinski definition) is 2. The molecule has 214 valence electrons. The number of anilines is 2. The Morgan fingerprint density at radius 1 is 0.857 bits per heavy atom. The van der Waals surface area contributed by atoms with Crippen LogP contribution in [0.4, 0.5) is 11.4 Å². The van der Waals surface area contributed by atoms with Crippen LogP contribution in [0.15, 0.2) is 105 Å². The van der Waals surface area contributed by atoms with Crippen molar-refractivity contribution < 1.29 is 33.0 Å². The molecule has 2 heterocycles. The van der Waals surface area contributed by atoms with Gasteiger partial charge in [0, 0.05) is 22.2 Å². The summed E-state index contributed by atoms with van der Waals surface area (Å²) >= 11 is 1.14. The zero-order valence-electron chi connectivity index (χ0n) is 23.0. The van der Waals surface area contributed by atoms with Gasteiger partial charge in [0.05, 0.1) is 39.8 Å². The fraction of sp³-hybridized carbons (Fsp3) is 0.129. The van der Waals surface area contributed by atoms with E-state index in [0.717, 1.165) is 16.7 Å². The Hall–Kier alpha value is -5.16. The van der Waals surface area contributed by atoms with E-state index in [-0.39, 0.29) is 23.1 Å². The molecule has 0 unspecified atom stereocenters. The highest BCUT2D eigenvalue weighted by Crippen LogP contribution is 2.39. The van der Waals surface area contributed by atoms with Crippen molar-refractivity contribution in [2.75, 3.05) is 32.0 Å². The molecule has 11 heteroatoms. The van der Waals surface area contributed by atoms with Crippen LogP contribution in [-0.4, -0.2) is 44.0 Å². The summed E-state index contributed by atoms with van der Waals surface area (Å²) in [6, 6.07) is 22.3. The maximum absolute atomic E-state index is 13.5. The number of amides is 3. The number of ether oxygens (including phenoxy) is 3. The van der Waals surface area contributed by atoms with Crippen molar-refractivity contribution in [3.05, 3.63) is 107 Å². The number of nitrogens with one attached hydrogen (secondary N) is 2. The Bertz CT molecular complexity index is 1630. The average molecular weight is 586 g/mol. The van der Waals surface area contributed by atoms with Crippen LogP contribution in [0.3, 0.4) is 0 Å². The highest BCUT2D eigenvalue weighted by molar-refractivity contribution is 8.04. The molecule has 0 aliphatic carbocycles. The van der Waals surface area contributed by atoms with E-state index in [1.807, 2.05) is 0 Å². The first-order valence-electron chi connectivity index (χ1n) is 12.8. The molecule has 0 fully saturated rings. The summed E-state index contributed by atoms with van der Waals surface area (Å²) in [6.07, 6.45) is 1.49. The van der Waals surface area contributed by atoms with Gasteiger partial charge in [-0.1, -0.05) is 11.8 Å². The van der Waals surface area contributed by atoms with E-state index < -0.39 is 11.8 Å². The molecule has 0 saturated carbocycles. The molecule has 42 heavy (non-hydrogen) atoms. The van der Waals surface area contributed by atoms with Crippen molar-refractivity contribution in [3.8, 4) is 17.2 Å². The van der Waals surface area contributed by atoms with E-state index in [9.17, 15) is 14.4 Å². The van der Waals surface area contributed by atoms with Crippen molar-refractivity contribution in [2.24, 2.45) is 0 Å². The molecule has 10 nitrogen and oxygen atoms in total. The van der Waals surface area contributed by atoms with Crippen LogP contribution in [-0.2, 0) is 16.1 Å². The Balaban J connectivity index is 1.38. The summed E-state index contributed by atoms with van der Waals surface area (Å²) in [6.45, 7) is -0.0179. The molecule has 0 atom stereocenters. The van der Waals surface area contributed by atoms with E-state index in [0.29, 0.717) is 44.8 Å². The predicted octanol–water partition coefficient (Wildman–Crippen LogP) is 5.54. The Labute approximate surface area is 246 Å². The first kappa shape index (κ1) is 28.4. The minimum absolute atomic E-state index is 0.0179. The smallest absolute Gasteiger partial charge is 0.278 e. The molecule has 3 amide bonds. The van der Waals surface area contributed by atoms with Gasteiger partial charge in [0.1, 0.15) is 33.6 Å². The number of furan rings is 1. The second-order valence-corrected chi connectivity index (χ2v) is 10.1.